The minimum atomic E-state index is -0.688. The molecular weight excluding hydrogens is 533 g/mol. The average Bonchev–Trinajstić information content (AvgIpc) is 3.43. The van der Waals surface area contributed by atoms with Crippen molar-refractivity contribution in [2.45, 2.75) is 24.8 Å². The molecule has 1 aromatic heterocycles. The first-order valence-electron chi connectivity index (χ1n) is 13.2. The molecule has 0 bridgehead atoms. The van der Waals surface area contributed by atoms with Crippen molar-refractivity contribution in [3.8, 4) is 11.8 Å². The van der Waals surface area contributed by atoms with Crippen molar-refractivity contribution < 1.29 is 18.7 Å². The third-order valence-corrected chi connectivity index (χ3v) is 8.02. The Morgan fingerprint density at radius 2 is 1.80 bits per heavy atom. The van der Waals surface area contributed by atoms with Crippen molar-refractivity contribution in [3.63, 3.8) is 0 Å². The van der Waals surface area contributed by atoms with E-state index in [2.05, 4.69) is 16.0 Å². The fourth-order valence-corrected chi connectivity index (χ4v) is 5.60. The molecule has 2 aliphatic rings. The van der Waals surface area contributed by atoms with Gasteiger partial charge < -0.3 is 19.4 Å². The van der Waals surface area contributed by atoms with Gasteiger partial charge in [0.25, 0.3) is 0 Å². The first-order chi connectivity index (χ1) is 19.3. The van der Waals surface area contributed by atoms with Gasteiger partial charge in [0.2, 0.25) is 5.91 Å². The minimum Gasteiger partial charge on any atom is -0.407 e. The van der Waals surface area contributed by atoms with E-state index in [9.17, 15) is 14.0 Å². The summed E-state index contributed by atoms with van der Waals surface area (Å²) in [5.41, 5.74) is 1.47. The Labute approximate surface area is 237 Å². The normalized spacial score (nSPS) is 19.2. The van der Waals surface area contributed by atoms with Gasteiger partial charge in [-0.3, -0.25) is 4.79 Å². The molecule has 2 aromatic carbocycles. The monoisotopic (exact) mass is 561 g/mol. The van der Waals surface area contributed by atoms with Crippen LogP contribution in [0.4, 0.5) is 15.0 Å². The van der Waals surface area contributed by atoms with Gasteiger partial charge in [0, 0.05) is 56.3 Å². The molecule has 2 aliphatic heterocycles. The second-order valence-electron chi connectivity index (χ2n) is 10.2. The van der Waals surface area contributed by atoms with Crippen LogP contribution in [0.3, 0.4) is 0 Å². The van der Waals surface area contributed by atoms with Crippen LogP contribution in [0.15, 0.2) is 66.9 Å². The van der Waals surface area contributed by atoms with Crippen LogP contribution in [0, 0.1) is 23.1 Å². The van der Waals surface area contributed by atoms with Gasteiger partial charge >= 0.3 is 6.09 Å². The number of piperidine rings is 1. The van der Waals surface area contributed by atoms with E-state index in [-0.39, 0.29) is 29.5 Å². The highest BCUT2D eigenvalue weighted by Gasteiger charge is 2.42. The Balaban J connectivity index is 1.28. The molecule has 0 spiro atoms. The third kappa shape index (κ3) is 5.87. The number of carbonyl (C=O) groups is 2. The maximum Gasteiger partial charge on any atom is 0.415 e. The standard InChI is InChI=1S/C30H29ClFN5O3/c1-35(30(39)40-27-5-3-2-4-25(27)32)26-19-37(18-24(26)21-7-9-23(31)10-8-21)29(38)22-12-14-36(15-13-22)28-11-6-20(16-33)17-34-28/h2-11,17,22,24,26H,12-15,18-19H2,1H3. The highest BCUT2D eigenvalue weighted by Crippen LogP contribution is 2.34. The predicted octanol–water partition coefficient (Wildman–Crippen LogP) is 5.09. The summed E-state index contributed by atoms with van der Waals surface area (Å²) in [5, 5.41) is 9.61. The van der Waals surface area contributed by atoms with Crippen LogP contribution < -0.4 is 9.64 Å². The molecule has 0 radical (unpaired) electrons. The largest absolute Gasteiger partial charge is 0.415 e. The Morgan fingerprint density at radius 3 is 2.45 bits per heavy atom. The van der Waals surface area contributed by atoms with Crippen molar-refractivity contribution in [2.24, 2.45) is 5.92 Å². The van der Waals surface area contributed by atoms with E-state index in [1.807, 2.05) is 23.1 Å². The molecule has 206 valence electrons. The second-order valence-corrected chi connectivity index (χ2v) is 10.6. The number of benzene rings is 2. The number of nitriles is 1. The van der Waals surface area contributed by atoms with Gasteiger partial charge in [-0.25, -0.2) is 14.2 Å². The van der Waals surface area contributed by atoms with Crippen LogP contribution in [0.25, 0.3) is 0 Å². The molecule has 2 atom stereocenters. The average molecular weight is 562 g/mol. The summed E-state index contributed by atoms with van der Waals surface area (Å²) in [6.07, 6.45) is 2.23. The molecule has 0 saturated carbocycles. The topological polar surface area (TPSA) is 89.8 Å². The summed E-state index contributed by atoms with van der Waals surface area (Å²) < 4.78 is 19.5. The zero-order valence-corrected chi connectivity index (χ0v) is 22.8. The Morgan fingerprint density at radius 1 is 1.07 bits per heavy atom. The number of aromatic nitrogens is 1. The number of hydrogen-bond acceptors (Lipinski definition) is 6. The molecule has 2 saturated heterocycles. The first kappa shape index (κ1) is 27.4. The van der Waals surface area contributed by atoms with Gasteiger partial charge in [-0.2, -0.15) is 5.26 Å². The molecule has 2 fully saturated rings. The van der Waals surface area contributed by atoms with Crippen LogP contribution in [0.2, 0.25) is 5.02 Å². The molecule has 3 heterocycles. The molecule has 2 unspecified atom stereocenters. The van der Waals surface area contributed by atoms with Crippen molar-refractivity contribution in [1.82, 2.24) is 14.8 Å². The number of nitrogens with zero attached hydrogens (tertiary/aromatic N) is 5. The summed E-state index contributed by atoms with van der Waals surface area (Å²) in [6.45, 7) is 2.15. The Kier molecular flexibility index (Phi) is 8.17. The Hall–Kier alpha value is -4.16. The lowest BCUT2D eigenvalue weighted by molar-refractivity contribution is -0.135. The number of ether oxygens (including phenoxy) is 1. The highest BCUT2D eigenvalue weighted by molar-refractivity contribution is 6.30. The lowest BCUT2D eigenvalue weighted by atomic mass is 9.93. The summed E-state index contributed by atoms with van der Waals surface area (Å²) in [5.74, 6) is -0.216. The van der Waals surface area contributed by atoms with Crippen LogP contribution >= 0.6 is 11.6 Å². The fraction of sp³-hybridized carbons (Fsp3) is 0.333. The van der Waals surface area contributed by atoms with Gasteiger partial charge in [0.05, 0.1) is 11.6 Å². The van der Waals surface area contributed by atoms with Crippen LogP contribution in [-0.4, -0.2) is 66.1 Å². The van der Waals surface area contributed by atoms with Crippen LogP contribution in [-0.2, 0) is 4.79 Å². The second kappa shape index (κ2) is 11.9. The SMILES string of the molecule is CN(C(=O)Oc1ccccc1F)C1CN(C(=O)C2CCN(c3ccc(C#N)cn3)CC2)CC1c1ccc(Cl)cc1. The minimum absolute atomic E-state index is 0.0600. The fourth-order valence-electron chi connectivity index (χ4n) is 5.48. The van der Waals surface area contributed by atoms with E-state index in [0.29, 0.717) is 49.6 Å². The number of carbonyl (C=O) groups excluding carboxylic acids is 2. The van der Waals surface area contributed by atoms with Gasteiger partial charge in [0.1, 0.15) is 11.9 Å². The smallest absolute Gasteiger partial charge is 0.407 e. The number of hydrogen-bond donors (Lipinski definition) is 0. The van der Waals surface area contributed by atoms with Crippen molar-refractivity contribution in [1.29, 1.82) is 5.26 Å². The van der Waals surface area contributed by atoms with Crippen LogP contribution in [0.1, 0.15) is 29.9 Å². The highest BCUT2D eigenvalue weighted by atomic mass is 35.5. The van der Waals surface area contributed by atoms with E-state index < -0.39 is 11.9 Å². The molecule has 10 heteroatoms. The third-order valence-electron chi connectivity index (χ3n) is 7.76. The molecule has 3 aromatic rings. The summed E-state index contributed by atoms with van der Waals surface area (Å²) in [6, 6.07) is 18.5. The zero-order valence-electron chi connectivity index (χ0n) is 22.0. The quantitative estimate of drug-likeness (QED) is 0.431. The van der Waals surface area contributed by atoms with Crippen LogP contribution in [0.5, 0.6) is 5.75 Å². The molecule has 2 amide bonds. The Bertz CT molecular complexity index is 1400. The summed E-state index contributed by atoms with van der Waals surface area (Å²) in [7, 11) is 1.62. The molecule has 0 N–H and O–H groups in total. The van der Waals surface area contributed by atoms with Gasteiger partial charge in [-0.15, -0.1) is 0 Å². The van der Waals surface area contributed by atoms with Gasteiger partial charge in [-0.05, 0) is 54.8 Å². The number of halogens is 2. The maximum absolute atomic E-state index is 14.1. The number of anilines is 1. The molecular formula is C30H29ClFN5O3. The number of likely N-dealkylation sites (tertiary alicyclic amines) is 1. The molecule has 5 rings (SSSR count). The van der Waals surface area contributed by atoms with Crippen molar-refractivity contribution >= 4 is 29.4 Å². The van der Waals surface area contributed by atoms with E-state index in [0.717, 1.165) is 11.4 Å². The van der Waals surface area contributed by atoms with Gasteiger partial charge in [-0.1, -0.05) is 35.9 Å². The van der Waals surface area contributed by atoms with E-state index >= 15 is 0 Å². The maximum atomic E-state index is 14.1. The number of rotatable bonds is 5. The lowest BCUT2D eigenvalue weighted by Gasteiger charge is -2.34. The lowest BCUT2D eigenvalue weighted by Crippen LogP contribution is -2.45. The van der Waals surface area contributed by atoms with Crippen molar-refractivity contribution in [2.75, 3.05) is 38.1 Å². The number of pyridine rings is 1. The summed E-state index contributed by atoms with van der Waals surface area (Å²) >= 11 is 6.12. The van der Waals surface area contributed by atoms with E-state index in [1.165, 1.54) is 23.1 Å². The predicted molar refractivity (Wildman–Crippen MR) is 149 cm³/mol. The van der Waals surface area contributed by atoms with E-state index in [1.54, 1.807) is 37.5 Å². The number of amides is 2. The van der Waals surface area contributed by atoms with E-state index in [4.69, 9.17) is 21.6 Å². The molecule has 8 nitrogen and oxygen atoms in total. The number of para-hydroxylation sites is 1. The molecule has 0 aliphatic carbocycles. The first-order valence-corrected chi connectivity index (χ1v) is 13.6. The van der Waals surface area contributed by atoms with Gasteiger partial charge in [0.15, 0.2) is 11.6 Å². The van der Waals surface area contributed by atoms with Crippen molar-refractivity contribution in [3.05, 3.63) is 88.8 Å². The number of likely N-dealkylation sites (N-methyl/N-ethyl adjacent to an activating group) is 1. The zero-order chi connectivity index (χ0) is 28.2. The molecule has 40 heavy (non-hydrogen) atoms. The summed E-state index contributed by atoms with van der Waals surface area (Å²) in [4.78, 5) is 36.5.